The van der Waals surface area contributed by atoms with Gasteiger partial charge in [0.2, 0.25) is 0 Å². The largest absolute Gasteiger partial charge is 0.465 e. The van der Waals surface area contributed by atoms with Gasteiger partial charge in [-0.25, -0.2) is 4.79 Å². The van der Waals surface area contributed by atoms with Gasteiger partial charge in [-0.1, -0.05) is 26.0 Å². The Hall–Kier alpha value is -1.35. The summed E-state index contributed by atoms with van der Waals surface area (Å²) in [5.41, 5.74) is 9.02. The summed E-state index contributed by atoms with van der Waals surface area (Å²) in [6, 6.07) is 6.08. The van der Waals surface area contributed by atoms with Gasteiger partial charge in [0, 0.05) is 12.0 Å². The molecule has 2 rings (SSSR count). The highest BCUT2D eigenvalue weighted by Gasteiger charge is 2.56. The number of carbonyl (C=O) groups is 1. The summed E-state index contributed by atoms with van der Waals surface area (Å²) in [6.45, 7) is 6.27. The lowest BCUT2D eigenvalue weighted by molar-refractivity contribution is 0.0600. The molecule has 2 atom stereocenters. The summed E-state index contributed by atoms with van der Waals surface area (Å²) in [7, 11) is 1.40. The second-order valence-corrected chi connectivity index (χ2v) is 5.39. The van der Waals surface area contributed by atoms with E-state index >= 15 is 0 Å². The molecule has 1 aliphatic carbocycles. The van der Waals surface area contributed by atoms with Crippen molar-refractivity contribution in [1.82, 2.24) is 0 Å². The van der Waals surface area contributed by atoms with E-state index in [4.69, 9.17) is 10.5 Å². The summed E-state index contributed by atoms with van der Waals surface area (Å²) >= 11 is 0. The standard InChI is InChI=1S/C14H19NO2/c1-8-7-9(11-12(15)14(11,2)3)5-6-10(8)13(16)17-4/h5-7,11-12H,15H2,1-4H3/t11-,12-/m1/s1. The first-order valence-electron chi connectivity index (χ1n) is 5.84. The number of nitrogens with two attached hydrogens (primary N) is 1. The number of methoxy groups -OCH3 is 1. The molecule has 1 fully saturated rings. The molecule has 1 aromatic carbocycles. The van der Waals surface area contributed by atoms with Crippen molar-refractivity contribution in [1.29, 1.82) is 0 Å². The van der Waals surface area contributed by atoms with Crippen LogP contribution in [0.25, 0.3) is 0 Å². The molecule has 0 saturated heterocycles. The van der Waals surface area contributed by atoms with Gasteiger partial charge in [-0.15, -0.1) is 0 Å². The van der Waals surface area contributed by atoms with Crippen LogP contribution in [0, 0.1) is 12.3 Å². The van der Waals surface area contributed by atoms with Crippen LogP contribution in [-0.4, -0.2) is 19.1 Å². The van der Waals surface area contributed by atoms with Crippen molar-refractivity contribution in [3.05, 3.63) is 34.9 Å². The van der Waals surface area contributed by atoms with E-state index < -0.39 is 0 Å². The Labute approximate surface area is 102 Å². The first kappa shape index (κ1) is 12.1. The minimum absolute atomic E-state index is 0.166. The summed E-state index contributed by atoms with van der Waals surface area (Å²) in [4.78, 5) is 11.5. The van der Waals surface area contributed by atoms with Crippen molar-refractivity contribution < 1.29 is 9.53 Å². The Morgan fingerprint density at radius 1 is 1.41 bits per heavy atom. The molecule has 1 aromatic rings. The van der Waals surface area contributed by atoms with E-state index in [0.717, 1.165) is 5.56 Å². The van der Waals surface area contributed by atoms with Crippen LogP contribution in [-0.2, 0) is 4.74 Å². The van der Waals surface area contributed by atoms with Gasteiger partial charge in [0.25, 0.3) is 0 Å². The highest BCUT2D eigenvalue weighted by atomic mass is 16.5. The van der Waals surface area contributed by atoms with Crippen LogP contribution in [0.4, 0.5) is 0 Å². The lowest BCUT2D eigenvalue weighted by Gasteiger charge is -2.08. The van der Waals surface area contributed by atoms with Gasteiger partial charge < -0.3 is 10.5 Å². The van der Waals surface area contributed by atoms with Crippen LogP contribution in [0.2, 0.25) is 0 Å². The minimum atomic E-state index is -0.284. The molecule has 0 bridgehead atoms. The molecular formula is C14H19NO2. The maximum atomic E-state index is 11.5. The predicted molar refractivity (Wildman–Crippen MR) is 67.0 cm³/mol. The normalized spacial score (nSPS) is 25.5. The predicted octanol–water partition coefficient (Wildman–Crippen LogP) is 2.23. The fourth-order valence-corrected chi connectivity index (χ4v) is 2.53. The molecule has 1 saturated carbocycles. The van der Waals surface area contributed by atoms with Crippen LogP contribution >= 0.6 is 0 Å². The third-order valence-corrected chi connectivity index (χ3v) is 3.93. The van der Waals surface area contributed by atoms with Crippen molar-refractivity contribution in [3.8, 4) is 0 Å². The molecule has 3 nitrogen and oxygen atoms in total. The Bertz CT molecular complexity index is 465. The third-order valence-electron chi connectivity index (χ3n) is 3.93. The average molecular weight is 233 g/mol. The van der Waals surface area contributed by atoms with E-state index in [-0.39, 0.29) is 17.4 Å². The number of carbonyl (C=O) groups excluding carboxylic acids is 1. The van der Waals surface area contributed by atoms with Crippen LogP contribution < -0.4 is 5.73 Å². The highest BCUT2D eigenvalue weighted by molar-refractivity contribution is 5.91. The molecular weight excluding hydrogens is 214 g/mol. The molecule has 0 aliphatic heterocycles. The summed E-state index contributed by atoms with van der Waals surface area (Å²) < 4.78 is 4.73. The Balaban J connectivity index is 2.30. The molecule has 3 heteroatoms. The summed E-state index contributed by atoms with van der Waals surface area (Å²) in [5.74, 6) is 0.112. The van der Waals surface area contributed by atoms with Gasteiger partial charge >= 0.3 is 5.97 Å². The fourth-order valence-electron chi connectivity index (χ4n) is 2.53. The van der Waals surface area contributed by atoms with E-state index in [0.29, 0.717) is 11.5 Å². The zero-order valence-corrected chi connectivity index (χ0v) is 10.8. The number of ether oxygens (including phenoxy) is 1. The topological polar surface area (TPSA) is 52.3 Å². The van der Waals surface area contributed by atoms with Crippen molar-refractivity contribution in [2.24, 2.45) is 11.1 Å². The van der Waals surface area contributed by atoms with Crippen molar-refractivity contribution in [2.75, 3.05) is 7.11 Å². The van der Waals surface area contributed by atoms with Gasteiger partial charge in [-0.2, -0.15) is 0 Å². The van der Waals surface area contributed by atoms with Crippen LogP contribution in [0.1, 0.15) is 41.3 Å². The maximum Gasteiger partial charge on any atom is 0.338 e. The molecule has 92 valence electrons. The third kappa shape index (κ3) is 1.84. The number of aryl methyl sites for hydroxylation is 1. The van der Waals surface area contributed by atoms with Crippen LogP contribution in [0.3, 0.4) is 0 Å². The van der Waals surface area contributed by atoms with Crippen LogP contribution in [0.5, 0.6) is 0 Å². The molecule has 2 N–H and O–H groups in total. The molecule has 0 amide bonds. The Morgan fingerprint density at radius 2 is 2.00 bits per heavy atom. The van der Waals surface area contributed by atoms with Gasteiger partial charge in [0.05, 0.1) is 12.7 Å². The van der Waals surface area contributed by atoms with Crippen molar-refractivity contribution in [3.63, 3.8) is 0 Å². The van der Waals surface area contributed by atoms with E-state index in [1.165, 1.54) is 12.7 Å². The Kier molecular flexibility index (Phi) is 2.74. The monoisotopic (exact) mass is 233 g/mol. The Morgan fingerprint density at radius 3 is 2.41 bits per heavy atom. The molecule has 0 radical (unpaired) electrons. The smallest absolute Gasteiger partial charge is 0.338 e. The van der Waals surface area contributed by atoms with Gasteiger partial charge in [0.15, 0.2) is 0 Å². The van der Waals surface area contributed by atoms with E-state index in [2.05, 4.69) is 13.8 Å². The van der Waals surface area contributed by atoms with Gasteiger partial charge in [-0.05, 0) is 29.5 Å². The summed E-state index contributed by atoms with van der Waals surface area (Å²) in [6.07, 6.45) is 0. The van der Waals surface area contributed by atoms with Gasteiger partial charge in [-0.3, -0.25) is 0 Å². The van der Waals surface area contributed by atoms with E-state index in [9.17, 15) is 4.79 Å². The van der Waals surface area contributed by atoms with Crippen molar-refractivity contribution in [2.45, 2.75) is 32.7 Å². The fraction of sp³-hybridized carbons (Fsp3) is 0.500. The number of rotatable bonds is 2. The SMILES string of the molecule is COC(=O)c1ccc([C@@H]2[C@@H](N)C2(C)C)cc1C. The minimum Gasteiger partial charge on any atom is -0.465 e. The summed E-state index contributed by atoms with van der Waals surface area (Å²) in [5, 5.41) is 0. The number of esters is 1. The molecule has 17 heavy (non-hydrogen) atoms. The number of benzene rings is 1. The van der Waals surface area contributed by atoms with E-state index in [1.807, 2.05) is 25.1 Å². The molecule has 1 aliphatic rings. The number of hydrogen-bond donors (Lipinski definition) is 1. The first-order valence-corrected chi connectivity index (χ1v) is 5.84. The lowest BCUT2D eigenvalue weighted by atomic mass is 9.98. The zero-order valence-electron chi connectivity index (χ0n) is 10.8. The van der Waals surface area contributed by atoms with Gasteiger partial charge in [0.1, 0.15) is 0 Å². The zero-order chi connectivity index (χ0) is 12.8. The lowest BCUT2D eigenvalue weighted by Crippen LogP contribution is -2.06. The second kappa shape index (κ2) is 3.84. The van der Waals surface area contributed by atoms with E-state index in [1.54, 1.807) is 0 Å². The number of hydrogen-bond acceptors (Lipinski definition) is 3. The molecule has 0 spiro atoms. The highest BCUT2D eigenvalue weighted by Crippen LogP contribution is 2.57. The van der Waals surface area contributed by atoms with Crippen LogP contribution in [0.15, 0.2) is 18.2 Å². The maximum absolute atomic E-state index is 11.5. The molecule has 0 heterocycles. The van der Waals surface area contributed by atoms with Crippen molar-refractivity contribution >= 4 is 5.97 Å². The average Bonchev–Trinajstić information content (AvgIpc) is 2.77. The first-order chi connectivity index (χ1) is 7.89. The second-order valence-electron chi connectivity index (χ2n) is 5.39. The quantitative estimate of drug-likeness (QED) is 0.797. The molecule has 0 unspecified atom stereocenters. The molecule has 0 aromatic heterocycles.